The van der Waals surface area contributed by atoms with E-state index in [1.54, 1.807) is 31.2 Å². The lowest BCUT2D eigenvalue weighted by Gasteiger charge is -2.41. The monoisotopic (exact) mass is 469 g/mol. The molecule has 3 N–H and O–H groups in total. The molecule has 2 fully saturated rings. The third-order valence-electron chi connectivity index (χ3n) is 6.63. The maximum atomic E-state index is 12.7. The Labute approximate surface area is 199 Å². The summed E-state index contributed by atoms with van der Waals surface area (Å²) in [7, 11) is 0. The number of pyridine rings is 1. The molecule has 1 aliphatic carbocycles. The first-order chi connectivity index (χ1) is 16.0. The smallest absolute Gasteiger partial charge is 0.313 e. The zero-order valence-corrected chi connectivity index (χ0v) is 20.0. The van der Waals surface area contributed by atoms with Crippen molar-refractivity contribution in [2.24, 2.45) is 11.3 Å². The number of anilines is 2. The lowest BCUT2D eigenvalue weighted by Crippen LogP contribution is -2.58. The molecule has 1 saturated heterocycles. The van der Waals surface area contributed by atoms with E-state index in [1.165, 1.54) is 23.2 Å². The number of rotatable bonds is 2. The Balaban J connectivity index is 0.000000396. The Hall–Kier alpha value is -3.49. The van der Waals surface area contributed by atoms with Crippen LogP contribution >= 0.6 is 0 Å². The summed E-state index contributed by atoms with van der Waals surface area (Å²) in [5.74, 6) is -0.553. The van der Waals surface area contributed by atoms with Crippen molar-refractivity contribution in [2.75, 3.05) is 30.7 Å². The number of nitrogen functional groups attached to an aromatic ring is 1. The van der Waals surface area contributed by atoms with Crippen LogP contribution in [0.1, 0.15) is 32.8 Å². The third kappa shape index (κ3) is 5.70. The van der Waals surface area contributed by atoms with Crippen molar-refractivity contribution in [3.8, 4) is 0 Å². The molecule has 1 aromatic heterocycles. The highest BCUT2D eigenvalue weighted by molar-refractivity contribution is 6.39. The van der Waals surface area contributed by atoms with Crippen molar-refractivity contribution in [1.82, 2.24) is 14.8 Å². The van der Waals surface area contributed by atoms with Gasteiger partial charge in [0.05, 0.1) is 11.9 Å². The van der Waals surface area contributed by atoms with Gasteiger partial charge in [0, 0.05) is 31.1 Å². The quantitative estimate of drug-likeness (QED) is 0.658. The van der Waals surface area contributed by atoms with E-state index in [-0.39, 0.29) is 23.2 Å². The minimum Gasteiger partial charge on any atom is -0.383 e. The van der Waals surface area contributed by atoms with Crippen LogP contribution in [0.15, 0.2) is 42.6 Å². The van der Waals surface area contributed by atoms with Crippen LogP contribution in [0.3, 0.4) is 0 Å². The second-order valence-electron chi connectivity index (χ2n) is 9.30. The van der Waals surface area contributed by atoms with Gasteiger partial charge in [0.1, 0.15) is 11.6 Å². The fourth-order valence-electron chi connectivity index (χ4n) is 4.04. The van der Waals surface area contributed by atoms with Crippen molar-refractivity contribution in [1.29, 1.82) is 0 Å². The number of halogens is 1. The normalized spacial score (nSPS) is 23.4. The second-order valence-corrected chi connectivity index (χ2v) is 9.30. The fourth-order valence-corrected chi connectivity index (χ4v) is 4.04. The molecule has 1 aromatic carbocycles. The van der Waals surface area contributed by atoms with E-state index < -0.39 is 11.8 Å². The third-order valence-corrected chi connectivity index (χ3v) is 6.63. The van der Waals surface area contributed by atoms with Gasteiger partial charge in [-0.25, -0.2) is 9.37 Å². The molecule has 1 saturated carbocycles. The minimum absolute atomic E-state index is 0.118. The molecule has 8 nitrogen and oxygen atoms in total. The molecule has 3 atom stereocenters. The number of aryl methyl sites for hydroxylation is 1. The van der Waals surface area contributed by atoms with E-state index in [9.17, 15) is 18.8 Å². The Kier molecular flexibility index (Phi) is 7.54. The summed E-state index contributed by atoms with van der Waals surface area (Å²) in [6.45, 7) is 8.93. The lowest BCUT2D eigenvalue weighted by atomic mass is 10.0. The highest BCUT2D eigenvalue weighted by Gasteiger charge is 2.55. The molecule has 2 aliphatic rings. The molecule has 0 spiro atoms. The standard InChI is InChI=1S/C19H27N5O3.C6H5F/c1-11-7-14(9-21-15(11)20)22-16(25)17(26)23-5-6-24(13(3)10-23)18(27)19(4)8-12(19)2;7-6-4-2-1-3-5-6/h7,9,12-13H,5-6,8,10H2,1-4H3,(H2,20,21)(H,22,25);1-5H. The van der Waals surface area contributed by atoms with Gasteiger partial charge in [-0.05, 0) is 49.9 Å². The Morgan fingerprint density at radius 2 is 1.82 bits per heavy atom. The van der Waals surface area contributed by atoms with Crippen molar-refractivity contribution >= 4 is 29.2 Å². The number of nitrogens with one attached hydrogen (secondary N) is 1. The van der Waals surface area contributed by atoms with Crippen LogP contribution in [0, 0.1) is 24.1 Å². The molecule has 9 heteroatoms. The molecule has 2 heterocycles. The predicted octanol–water partition coefficient (Wildman–Crippen LogP) is 2.84. The molecule has 3 unspecified atom stereocenters. The van der Waals surface area contributed by atoms with E-state index in [1.807, 2.05) is 18.7 Å². The van der Waals surface area contributed by atoms with Gasteiger partial charge in [-0.1, -0.05) is 32.0 Å². The molecule has 0 radical (unpaired) electrons. The number of benzene rings is 1. The zero-order valence-electron chi connectivity index (χ0n) is 20.0. The molecular formula is C25H32FN5O3. The number of nitrogens with zero attached hydrogens (tertiary/aromatic N) is 3. The van der Waals surface area contributed by atoms with E-state index in [0.29, 0.717) is 37.1 Å². The first-order valence-electron chi connectivity index (χ1n) is 11.4. The highest BCUT2D eigenvalue weighted by atomic mass is 19.1. The summed E-state index contributed by atoms with van der Waals surface area (Å²) in [6, 6.07) is 9.49. The van der Waals surface area contributed by atoms with Gasteiger partial charge in [0.25, 0.3) is 0 Å². The summed E-state index contributed by atoms with van der Waals surface area (Å²) < 4.78 is 11.9. The van der Waals surface area contributed by atoms with Crippen LogP contribution in [0.4, 0.5) is 15.9 Å². The van der Waals surface area contributed by atoms with E-state index in [4.69, 9.17) is 5.73 Å². The Bertz CT molecular complexity index is 1060. The predicted molar refractivity (Wildman–Crippen MR) is 128 cm³/mol. The van der Waals surface area contributed by atoms with Crippen molar-refractivity contribution < 1.29 is 18.8 Å². The number of carbonyl (C=O) groups excluding carboxylic acids is 3. The summed E-state index contributed by atoms with van der Waals surface area (Å²) >= 11 is 0. The largest absolute Gasteiger partial charge is 0.383 e. The van der Waals surface area contributed by atoms with Gasteiger partial charge in [0.2, 0.25) is 5.91 Å². The maximum absolute atomic E-state index is 12.7. The van der Waals surface area contributed by atoms with E-state index >= 15 is 0 Å². The minimum atomic E-state index is -0.712. The number of amides is 3. The second kappa shape index (κ2) is 10.2. The van der Waals surface area contributed by atoms with Gasteiger partial charge >= 0.3 is 11.8 Å². The zero-order chi connectivity index (χ0) is 25.0. The number of carbonyl (C=O) groups is 3. The summed E-state index contributed by atoms with van der Waals surface area (Å²) in [5.41, 5.74) is 6.55. The average Bonchev–Trinajstić information content (AvgIpc) is 3.43. The first kappa shape index (κ1) is 25.1. The summed E-state index contributed by atoms with van der Waals surface area (Å²) in [6.07, 6.45) is 2.33. The average molecular weight is 470 g/mol. The SMILES string of the molecule is Cc1cc(NC(=O)C(=O)N2CCN(C(=O)C3(C)CC3C)C(C)C2)cnc1N.Fc1ccccc1. The molecular weight excluding hydrogens is 437 g/mol. The van der Waals surface area contributed by atoms with Crippen LogP contribution in [0.25, 0.3) is 0 Å². The molecule has 0 bridgehead atoms. The topological polar surface area (TPSA) is 109 Å². The number of aromatic nitrogens is 1. The van der Waals surface area contributed by atoms with Gasteiger partial charge in [-0.3, -0.25) is 14.4 Å². The van der Waals surface area contributed by atoms with Crippen molar-refractivity contribution in [3.63, 3.8) is 0 Å². The highest BCUT2D eigenvalue weighted by Crippen LogP contribution is 2.53. The Morgan fingerprint density at radius 3 is 2.32 bits per heavy atom. The molecule has 1 aliphatic heterocycles. The van der Waals surface area contributed by atoms with Crippen LogP contribution < -0.4 is 11.1 Å². The number of hydrogen-bond acceptors (Lipinski definition) is 5. The molecule has 3 amide bonds. The number of hydrogen-bond donors (Lipinski definition) is 2. The summed E-state index contributed by atoms with van der Waals surface area (Å²) in [5, 5.41) is 2.57. The number of nitrogens with two attached hydrogens (primary N) is 1. The lowest BCUT2D eigenvalue weighted by molar-refractivity contribution is -0.149. The van der Waals surface area contributed by atoms with Crippen molar-refractivity contribution in [3.05, 3.63) is 54.0 Å². The van der Waals surface area contributed by atoms with Gasteiger partial charge < -0.3 is 20.9 Å². The summed E-state index contributed by atoms with van der Waals surface area (Å²) in [4.78, 5) is 44.9. The van der Waals surface area contributed by atoms with Gasteiger partial charge in [-0.15, -0.1) is 0 Å². The van der Waals surface area contributed by atoms with Gasteiger partial charge in [-0.2, -0.15) is 0 Å². The maximum Gasteiger partial charge on any atom is 0.313 e. The molecule has 4 rings (SSSR count). The van der Waals surface area contributed by atoms with Crippen LogP contribution in [-0.4, -0.2) is 58.2 Å². The van der Waals surface area contributed by atoms with Crippen LogP contribution in [0.5, 0.6) is 0 Å². The number of piperazine rings is 1. The van der Waals surface area contributed by atoms with Crippen molar-refractivity contribution in [2.45, 2.75) is 40.2 Å². The van der Waals surface area contributed by atoms with E-state index in [0.717, 1.165) is 12.0 Å². The Morgan fingerprint density at radius 1 is 1.18 bits per heavy atom. The first-order valence-corrected chi connectivity index (χ1v) is 11.4. The van der Waals surface area contributed by atoms with Crippen LogP contribution in [-0.2, 0) is 14.4 Å². The van der Waals surface area contributed by atoms with Crippen LogP contribution in [0.2, 0.25) is 0 Å². The van der Waals surface area contributed by atoms with E-state index in [2.05, 4.69) is 17.2 Å². The fraction of sp³-hybridized carbons (Fsp3) is 0.440. The molecule has 34 heavy (non-hydrogen) atoms. The van der Waals surface area contributed by atoms with Gasteiger partial charge in [0.15, 0.2) is 0 Å². The molecule has 2 aromatic rings. The molecule has 182 valence electrons.